The van der Waals surface area contributed by atoms with Crippen LogP contribution in [-0.2, 0) is 6.54 Å². The average molecular weight is 216 g/mol. The van der Waals surface area contributed by atoms with E-state index in [0.29, 0.717) is 17.7 Å². The molecule has 0 bridgehead atoms. The van der Waals surface area contributed by atoms with Crippen molar-refractivity contribution in [2.24, 2.45) is 0 Å². The summed E-state index contributed by atoms with van der Waals surface area (Å²) in [4.78, 5) is 11.4. The molecule has 1 aromatic heterocycles. The summed E-state index contributed by atoms with van der Waals surface area (Å²) in [5.41, 5.74) is 0.979. The number of nitrogens with zero attached hydrogens (tertiary/aromatic N) is 1. The minimum absolute atomic E-state index is 0.0809. The molecule has 0 atom stereocenters. The highest BCUT2D eigenvalue weighted by atomic mass is 19.1. The Kier molecular flexibility index (Phi) is 2.86. The number of aromatic nitrogens is 1. The van der Waals surface area contributed by atoms with Crippen molar-refractivity contribution in [3.8, 4) is 11.1 Å². The number of hydrogen-bond donors (Lipinski definition) is 0. The smallest absolute Gasteiger partial charge is 0.250 e. The van der Waals surface area contributed by atoms with E-state index in [-0.39, 0.29) is 11.4 Å². The minimum atomic E-state index is -0.330. The first-order chi connectivity index (χ1) is 7.72. The molecule has 1 aromatic carbocycles. The molecule has 0 fully saturated rings. The second-order valence-corrected chi connectivity index (χ2v) is 3.44. The molecule has 1 radical (unpaired) electrons. The zero-order valence-corrected chi connectivity index (χ0v) is 8.90. The molecular formula is C13H11FNO. The second-order valence-electron chi connectivity index (χ2n) is 3.44. The van der Waals surface area contributed by atoms with Gasteiger partial charge in [0.15, 0.2) is 0 Å². The maximum Gasteiger partial charge on any atom is 0.250 e. The normalized spacial score (nSPS) is 10.4. The van der Waals surface area contributed by atoms with Crippen LogP contribution in [0.15, 0.2) is 41.3 Å². The van der Waals surface area contributed by atoms with Gasteiger partial charge < -0.3 is 4.57 Å². The Labute approximate surface area is 93.0 Å². The summed E-state index contributed by atoms with van der Waals surface area (Å²) >= 11 is 0. The summed E-state index contributed by atoms with van der Waals surface area (Å²) in [6.07, 6.45) is 1.65. The van der Waals surface area contributed by atoms with Gasteiger partial charge in [-0.1, -0.05) is 12.1 Å². The van der Waals surface area contributed by atoms with Crippen molar-refractivity contribution < 1.29 is 4.39 Å². The Morgan fingerprint density at radius 1 is 1.38 bits per heavy atom. The monoisotopic (exact) mass is 216 g/mol. The van der Waals surface area contributed by atoms with Gasteiger partial charge in [0.1, 0.15) is 5.82 Å². The van der Waals surface area contributed by atoms with Gasteiger partial charge in [0.25, 0.3) is 5.56 Å². The van der Waals surface area contributed by atoms with Gasteiger partial charge in [-0.3, -0.25) is 4.79 Å². The molecular weight excluding hydrogens is 205 g/mol. The van der Waals surface area contributed by atoms with Gasteiger partial charge in [-0.15, -0.1) is 0 Å². The molecule has 0 N–H and O–H groups in total. The van der Waals surface area contributed by atoms with Crippen LogP contribution in [0.5, 0.6) is 0 Å². The molecule has 81 valence electrons. The fourth-order valence-electron chi connectivity index (χ4n) is 1.56. The van der Waals surface area contributed by atoms with Gasteiger partial charge >= 0.3 is 0 Å². The van der Waals surface area contributed by atoms with Crippen LogP contribution in [0, 0.1) is 11.9 Å². The molecule has 0 aliphatic rings. The molecule has 2 aromatic rings. The Morgan fingerprint density at radius 2 is 2.19 bits per heavy atom. The van der Waals surface area contributed by atoms with Crippen molar-refractivity contribution in [3.63, 3.8) is 0 Å². The quantitative estimate of drug-likeness (QED) is 0.755. The molecule has 3 heteroatoms. The highest BCUT2D eigenvalue weighted by molar-refractivity contribution is 5.62. The minimum Gasteiger partial charge on any atom is -0.315 e. The molecule has 0 aliphatic carbocycles. The van der Waals surface area contributed by atoms with Gasteiger partial charge in [-0.2, -0.15) is 0 Å². The lowest BCUT2D eigenvalue weighted by atomic mass is 10.1. The van der Waals surface area contributed by atoms with Crippen molar-refractivity contribution in [2.75, 3.05) is 0 Å². The largest absolute Gasteiger partial charge is 0.315 e. The van der Waals surface area contributed by atoms with Crippen molar-refractivity contribution >= 4 is 0 Å². The molecule has 0 spiro atoms. The predicted octanol–water partition coefficient (Wildman–Crippen LogP) is 2.47. The standard InChI is InChI=1S/C13H11FNO/c1-2-15-9-10(7-8-13(15)16)11-5-3-4-6-12(11)14/h3-4,6-9H,2H2,1H3. The zero-order chi connectivity index (χ0) is 11.5. The summed E-state index contributed by atoms with van der Waals surface area (Å²) in [7, 11) is 0. The molecule has 2 nitrogen and oxygen atoms in total. The fraction of sp³-hybridized carbons (Fsp3) is 0.154. The van der Waals surface area contributed by atoms with Crippen molar-refractivity contribution in [3.05, 3.63) is 58.8 Å². The second kappa shape index (κ2) is 4.31. The Bertz CT molecular complexity index is 560. The SMILES string of the molecule is CCn1cc(-c2[c]cccc2F)ccc1=O. The number of halogens is 1. The number of rotatable bonds is 2. The van der Waals surface area contributed by atoms with Crippen molar-refractivity contribution in [2.45, 2.75) is 13.5 Å². The maximum absolute atomic E-state index is 13.5. The first kappa shape index (κ1) is 10.6. The number of aryl methyl sites for hydroxylation is 1. The van der Waals surface area contributed by atoms with Crippen LogP contribution in [0.1, 0.15) is 6.92 Å². The average Bonchev–Trinajstić information content (AvgIpc) is 2.31. The number of hydrogen-bond acceptors (Lipinski definition) is 1. The summed E-state index contributed by atoms with van der Waals surface area (Å²) in [5.74, 6) is -0.330. The van der Waals surface area contributed by atoms with E-state index in [0.717, 1.165) is 0 Å². The van der Waals surface area contributed by atoms with E-state index in [1.165, 1.54) is 16.7 Å². The number of pyridine rings is 1. The third-order valence-corrected chi connectivity index (χ3v) is 2.42. The van der Waals surface area contributed by atoms with Gasteiger partial charge in [-0.05, 0) is 25.1 Å². The summed E-state index contributed by atoms with van der Waals surface area (Å²) in [6, 6.07) is 10.5. The lowest BCUT2D eigenvalue weighted by Crippen LogP contribution is -2.17. The molecule has 0 amide bonds. The summed E-state index contributed by atoms with van der Waals surface area (Å²) < 4.78 is 15.0. The molecule has 1 heterocycles. The Morgan fingerprint density at radius 3 is 2.88 bits per heavy atom. The third kappa shape index (κ3) is 1.89. The predicted molar refractivity (Wildman–Crippen MR) is 60.6 cm³/mol. The van der Waals surface area contributed by atoms with Crippen LogP contribution < -0.4 is 5.56 Å². The van der Waals surface area contributed by atoms with Gasteiger partial charge in [0.05, 0.1) is 0 Å². The molecule has 0 saturated heterocycles. The molecule has 0 saturated carbocycles. The lowest BCUT2D eigenvalue weighted by molar-refractivity contribution is 0.630. The Hall–Kier alpha value is -1.90. The van der Waals surface area contributed by atoms with Crippen LogP contribution >= 0.6 is 0 Å². The highest BCUT2D eigenvalue weighted by Crippen LogP contribution is 2.20. The van der Waals surface area contributed by atoms with E-state index >= 15 is 0 Å². The van der Waals surface area contributed by atoms with E-state index < -0.39 is 0 Å². The summed E-state index contributed by atoms with van der Waals surface area (Å²) in [5, 5.41) is 0. The summed E-state index contributed by atoms with van der Waals surface area (Å²) in [6.45, 7) is 2.44. The van der Waals surface area contributed by atoms with Crippen molar-refractivity contribution in [1.29, 1.82) is 0 Å². The van der Waals surface area contributed by atoms with E-state index in [2.05, 4.69) is 6.07 Å². The van der Waals surface area contributed by atoms with Crippen LogP contribution in [0.4, 0.5) is 4.39 Å². The third-order valence-electron chi connectivity index (χ3n) is 2.42. The van der Waals surface area contributed by atoms with Gasteiger partial charge in [0.2, 0.25) is 0 Å². The zero-order valence-electron chi connectivity index (χ0n) is 8.90. The van der Waals surface area contributed by atoms with Gasteiger partial charge in [0, 0.05) is 29.9 Å². The Balaban J connectivity index is 2.57. The van der Waals surface area contributed by atoms with E-state index in [9.17, 15) is 9.18 Å². The topological polar surface area (TPSA) is 22.0 Å². The molecule has 0 aliphatic heterocycles. The van der Waals surface area contributed by atoms with Crippen LogP contribution in [0.2, 0.25) is 0 Å². The first-order valence-corrected chi connectivity index (χ1v) is 5.09. The molecule has 16 heavy (non-hydrogen) atoms. The van der Waals surface area contributed by atoms with Crippen LogP contribution in [0.25, 0.3) is 11.1 Å². The van der Waals surface area contributed by atoms with E-state index in [1.807, 2.05) is 6.92 Å². The van der Waals surface area contributed by atoms with Crippen LogP contribution in [-0.4, -0.2) is 4.57 Å². The van der Waals surface area contributed by atoms with Gasteiger partial charge in [-0.25, -0.2) is 4.39 Å². The first-order valence-electron chi connectivity index (χ1n) is 5.09. The molecule has 2 rings (SSSR count). The van der Waals surface area contributed by atoms with E-state index in [1.54, 1.807) is 24.4 Å². The van der Waals surface area contributed by atoms with Crippen molar-refractivity contribution in [1.82, 2.24) is 4.57 Å². The van der Waals surface area contributed by atoms with E-state index in [4.69, 9.17) is 0 Å². The number of benzene rings is 1. The fourth-order valence-corrected chi connectivity index (χ4v) is 1.56. The lowest BCUT2D eigenvalue weighted by Gasteiger charge is -2.06. The molecule has 0 unspecified atom stereocenters. The highest BCUT2D eigenvalue weighted by Gasteiger charge is 2.05. The maximum atomic E-state index is 13.5. The van der Waals surface area contributed by atoms with Crippen LogP contribution in [0.3, 0.4) is 0 Å².